The van der Waals surface area contributed by atoms with Gasteiger partial charge < -0.3 is 15.8 Å². The van der Waals surface area contributed by atoms with Crippen LogP contribution in [0.2, 0.25) is 0 Å². The minimum atomic E-state index is -0.256. The first-order valence-electron chi connectivity index (χ1n) is 5.27. The number of hydrogen-bond donors (Lipinski definition) is 2. The minimum Gasteiger partial charge on any atom is -0.409 e. The SMILES string of the molecule is CN(C(=O)c1cnns1)c1ccccc1C(N)=NO. The van der Waals surface area contributed by atoms with Crippen LogP contribution in [0.3, 0.4) is 0 Å². The Balaban J connectivity index is 2.39. The second-order valence-electron chi connectivity index (χ2n) is 3.65. The highest BCUT2D eigenvalue weighted by molar-refractivity contribution is 7.07. The molecule has 0 fully saturated rings. The number of amides is 1. The third-order valence-corrected chi connectivity index (χ3v) is 3.18. The zero-order valence-corrected chi connectivity index (χ0v) is 10.8. The number of rotatable bonds is 3. The molecule has 0 aliphatic heterocycles. The first-order valence-corrected chi connectivity index (χ1v) is 6.05. The molecule has 1 heterocycles. The highest BCUT2D eigenvalue weighted by Crippen LogP contribution is 2.21. The third-order valence-electron chi connectivity index (χ3n) is 2.53. The van der Waals surface area contributed by atoms with E-state index in [4.69, 9.17) is 10.9 Å². The summed E-state index contributed by atoms with van der Waals surface area (Å²) >= 11 is 1.01. The first kappa shape index (κ1) is 13.0. The summed E-state index contributed by atoms with van der Waals surface area (Å²) in [7, 11) is 1.60. The number of aromatic nitrogens is 2. The summed E-state index contributed by atoms with van der Waals surface area (Å²) in [4.78, 5) is 14.0. The van der Waals surface area contributed by atoms with E-state index in [-0.39, 0.29) is 11.7 Å². The topological polar surface area (TPSA) is 105 Å². The predicted octanol–water partition coefficient (Wildman–Crippen LogP) is 0.909. The Labute approximate surface area is 113 Å². The molecule has 0 saturated carbocycles. The predicted molar refractivity (Wildman–Crippen MR) is 71.6 cm³/mol. The van der Waals surface area contributed by atoms with Gasteiger partial charge in [0, 0.05) is 12.6 Å². The number of amidine groups is 1. The molecular formula is C11H11N5O2S. The number of nitrogens with zero attached hydrogens (tertiary/aromatic N) is 4. The average molecular weight is 277 g/mol. The van der Waals surface area contributed by atoms with E-state index in [1.54, 1.807) is 31.3 Å². The molecule has 8 heteroatoms. The van der Waals surface area contributed by atoms with Crippen molar-refractivity contribution in [2.45, 2.75) is 0 Å². The van der Waals surface area contributed by atoms with Crippen LogP contribution in [-0.4, -0.2) is 33.6 Å². The maximum absolute atomic E-state index is 12.2. The summed E-state index contributed by atoms with van der Waals surface area (Å²) in [6.07, 6.45) is 1.40. The lowest BCUT2D eigenvalue weighted by Gasteiger charge is -2.19. The molecule has 1 aromatic carbocycles. The molecule has 0 radical (unpaired) electrons. The number of benzene rings is 1. The van der Waals surface area contributed by atoms with E-state index in [0.717, 1.165) is 11.5 Å². The quantitative estimate of drug-likeness (QED) is 0.375. The number of para-hydroxylation sites is 1. The van der Waals surface area contributed by atoms with Crippen molar-refractivity contribution < 1.29 is 10.0 Å². The standard InChI is InChI=1S/C11H11N5O2S/c1-16(11(17)9-6-13-15-19-9)8-5-3-2-4-7(8)10(12)14-18/h2-6,18H,1H3,(H2,12,14). The summed E-state index contributed by atoms with van der Waals surface area (Å²) in [6.45, 7) is 0. The fourth-order valence-electron chi connectivity index (χ4n) is 1.57. The van der Waals surface area contributed by atoms with E-state index in [0.29, 0.717) is 16.1 Å². The molecule has 3 N–H and O–H groups in total. The van der Waals surface area contributed by atoms with Crippen LogP contribution in [0.4, 0.5) is 5.69 Å². The van der Waals surface area contributed by atoms with Gasteiger partial charge in [0.15, 0.2) is 5.84 Å². The Morgan fingerprint density at radius 2 is 2.21 bits per heavy atom. The summed E-state index contributed by atoms with van der Waals surface area (Å²) in [5.74, 6) is -0.314. The Kier molecular flexibility index (Phi) is 3.71. The van der Waals surface area contributed by atoms with Crippen molar-refractivity contribution in [1.82, 2.24) is 9.59 Å². The monoisotopic (exact) mass is 277 g/mol. The summed E-state index contributed by atoms with van der Waals surface area (Å²) in [5, 5.41) is 15.3. The second-order valence-corrected chi connectivity index (χ2v) is 4.43. The molecule has 0 spiro atoms. The van der Waals surface area contributed by atoms with Gasteiger partial charge in [0.05, 0.1) is 11.9 Å². The Morgan fingerprint density at radius 3 is 2.84 bits per heavy atom. The van der Waals surface area contributed by atoms with Crippen molar-refractivity contribution >= 4 is 29.0 Å². The van der Waals surface area contributed by atoms with Gasteiger partial charge in [0.2, 0.25) is 0 Å². The van der Waals surface area contributed by atoms with Crippen molar-refractivity contribution in [3.8, 4) is 0 Å². The molecule has 0 aliphatic carbocycles. The molecular weight excluding hydrogens is 266 g/mol. The van der Waals surface area contributed by atoms with E-state index < -0.39 is 0 Å². The van der Waals surface area contributed by atoms with Crippen LogP contribution in [0.15, 0.2) is 35.6 Å². The van der Waals surface area contributed by atoms with Crippen molar-refractivity contribution in [1.29, 1.82) is 0 Å². The van der Waals surface area contributed by atoms with E-state index in [2.05, 4.69) is 14.7 Å². The fourth-order valence-corrected chi connectivity index (χ4v) is 2.06. The van der Waals surface area contributed by atoms with Crippen LogP contribution in [-0.2, 0) is 0 Å². The normalized spacial score (nSPS) is 11.3. The molecule has 2 aromatic rings. The van der Waals surface area contributed by atoms with Gasteiger partial charge in [-0.05, 0) is 23.7 Å². The van der Waals surface area contributed by atoms with Crippen LogP contribution in [0.25, 0.3) is 0 Å². The van der Waals surface area contributed by atoms with Gasteiger partial charge in [0.1, 0.15) is 4.88 Å². The van der Waals surface area contributed by atoms with Crippen LogP contribution in [0, 0.1) is 0 Å². The molecule has 0 aliphatic rings. The Bertz CT molecular complexity index is 611. The van der Waals surface area contributed by atoms with Gasteiger partial charge >= 0.3 is 0 Å². The molecule has 7 nitrogen and oxygen atoms in total. The summed E-state index contributed by atoms with van der Waals surface area (Å²) in [5.41, 5.74) is 6.60. The number of hydrogen-bond acceptors (Lipinski definition) is 6. The molecule has 2 rings (SSSR count). The lowest BCUT2D eigenvalue weighted by atomic mass is 10.1. The number of anilines is 1. The van der Waals surface area contributed by atoms with Gasteiger partial charge in [-0.1, -0.05) is 21.8 Å². The van der Waals surface area contributed by atoms with Crippen LogP contribution < -0.4 is 10.6 Å². The van der Waals surface area contributed by atoms with E-state index in [1.807, 2.05) is 0 Å². The van der Waals surface area contributed by atoms with Gasteiger partial charge in [-0.25, -0.2) is 0 Å². The Morgan fingerprint density at radius 1 is 1.47 bits per heavy atom. The molecule has 0 unspecified atom stereocenters. The highest BCUT2D eigenvalue weighted by Gasteiger charge is 2.19. The van der Waals surface area contributed by atoms with E-state index in [1.165, 1.54) is 11.1 Å². The first-order chi connectivity index (χ1) is 9.15. The van der Waals surface area contributed by atoms with Crippen molar-refractivity contribution in [3.63, 3.8) is 0 Å². The van der Waals surface area contributed by atoms with Gasteiger partial charge in [-0.3, -0.25) is 4.79 Å². The fraction of sp³-hybridized carbons (Fsp3) is 0.0909. The smallest absolute Gasteiger partial charge is 0.271 e. The van der Waals surface area contributed by atoms with Crippen molar-refractivity contribution in [2.24, 2.45) is 10.9 Å². The van der Waals surface area contributed by atoms with Crippen LogP contribution in [0.1, 0.15) is 15.2 Å². The van der Waals surface area contributed by atoms with Gasteiger partial charge in [0.25, 0.3) is 5.91 Å². The van der Waals surface area contributed by atoms with Crippen LogP contribution >= 0.6 is 11.5 Å². The lowest BCUT2D eigenvalue weighted by Crippen LogP contribution is -2.28. The highest BCUT2D eigenvalue weighted by atomic mass is 32.1. The maximum Gasteiger partial charge on any atom is 0.271 e. The van der Waals surface area contributed by atoms with Crippen LogP contribution in [0.5, 0.6) is 0 Å². The number of oxime groups is 1. The van der Waals surface area contributed by atoms with Crippen molar-refractivity contribution in [3.05, 3.63) is 40.9 Å². The third kappa shape index (κ3) is 2.52. The molecule has 19 heavy (non-hydrogen) atoms. The molecule has 1 amide bonds. The Hall–Kier alpha value is -2.48. The van der Waals surface area contributed by atoms with Crippen molar-refractivity contribution in [2.75, 3.05) is 11.9 Å². The van der Waals surface area contributed by atoms with E-state index in [9.17, 15) is 4.79 Å². The summed E-state index contributed by atoms with van der Waals surface area (Å²) in [6, 6.07) is 6.88. The molecule has 98 valence electrons. The number of carbonyl (C=O) groups excluding carboxylic acids is 1. The minimum absolute atomic E-state index is 0.0577. The molecule has 0 atom stereocenters. The van der Waals surface area contributed by atoms with E-state index >= 15 is 0 Å². The zero-order valence-electron chi connectivity index (χ0n) is 10.0. The molecule has 0 saturated heterocycles. The zero-order chi connectivity index (χ0) is 13.8. The largest absolute Gasteiger partial charge is 0.409 e. The molecule has 0 bridgehead atoms. The van der Waals surface area contributed by atoms with Gasteiger partial charge in [-0.2, -0.15) is 0 Å². The lowest BCUT2D eigenvalue weighted by molar-refractivity contribution is 0.0996. The van der Waals surface area contributed by atoms with Gasteiger partial charge in [-0.15, -0.1) is 5.10 Å². The average Bonchev–Trinajstić information content (AvgIpc) is 2.99. The number of carbonyl (C=O) groups is 1. The summed E-state index contributed by atoms with van der Waals surface area (Å²) < 4.78 is 3.65. The molecule has 1 aromatic heterocycles. The maximum atomic E-state index is 12.2. The number of nitrogens with two attached hydrogens (primary N) is 1. The second kappa shape index (κ2) is 5.44.